The number of ether oxygens (including phenoxy) is 2. The van der Waals surface area contributed by atoms with Crippen LogP contribution in [0.3, 0.4) is 0 Å². The number of hydrogen-bond donors (Lipinski definition) is 1. The predicted molar refractivity (Wildman–Crippen MR) is 72.0 cm³/mol. The van der Waals surface area contributed by atoms with Crippen LogP contribution < -0.4 is 5.73 Å². The van der Waals surface area contributed by atoms with Gasteiger partial charge in [-0.25, -0.2) is 0 Å². The lowest BCUT2D eigenvalue weighted by molar-refractivity contribution is -0.138. The maximum absolute atomic E-state index is 12.1. The Kier molecular flexibility index (Phi) is 5.75. The van der Waals surface area contributed by atoms with Crippen LogP contribution in [0.2, 0.25) is 0 Å². The maximum Gasteiger partial charge on any atom is 0.239 e. The fraction of sp³-hybridized carbons (Fsp3) is 0.846. The fourth-order valence-corrected chi connectivity index (χ4v) is 2.39. The van der Waals surface area contributed by atoms with Gasteiger partial charge in [-0.1, -0.05) is 0 Å². The summed E-state index contributed by atoms with van der Waals surface area (Å²) in [5, 5.41) is 0. The van der Waals surface area contributed by atoms with Crippen molar-refractivity contribution in [3.05, 3.63) is 0 Å². The molecule has 0 aromatic heterocycles. The first-order valence-corrected chi connectivity index (χ1v) is 7.16. The fourth-order valence-electron chi connectivity index (χ4n) is 2.39. The van der Waals surface area contributed by atoms with E-state index in [1.165, 1.54) is 0 Å². The Bertz CT molecular complexity index is 339. The van der Waals surface area contributed by atoms with Crippen molar-refractivity contribution in [2.45, 2.75) is 18.9 Å². The lowest BCUT2D eigenvalue weighted by Crippen LogP contribution is -2.49. The van der Waals surface area contributed by atoms with Gasteiger partial charge in [0.25, 0.3) is 0 Å². The molecule has 0 unspecified atom stereocenters. The van der Waals surface area contributed by atoms with Crippen molar-refractivity contribution in [2.75, 3.05) is 52.6 Å². The van der Waals surface area contributed by atoms with Gasteiger partial charge in [0.05, 0.1) is 32.5 Å². The van der Waals surface area contributed by atoms with E-state index >= 15 is 0 Å². The van der Waals surface area contributed by atoms with Gasteiger partial charge in [-0.3, -0.25) is 9.59 Å². The van der Waals surface area contributed by atoms with Gasteiger partial charge in [0.1, 0.15) is 0 Å². The van der Waals surface area contributed by atoms with Crippen LogP contribution >= 0.6 is 0 Å². The molecule has 0 aliphatic carbocycles. The molecule has 2 heterocycles. The minimum atomic E-state index is -0.599. The summed E-state index contributed by atoms with van der Waals surface area (Å²) < 4.78 is 10.4. The zero-order valence-electron chi connectivity index (χ0n) is 11.8. The molecule has 2 fully saturated rings. The number of carbonyl (C=O) groups excluding carboxylic acids is 2. The normalized spacial score (nSPS) is 21.6. The molecule has 7 heteroatoms. The Morgan fingerprint density at radius 3 is 2.00 bits per heavy atom. The van der Waals surface area contributed by atoms with Crippen LogP contribution in [-0.2, 0) is 19.1 Å². The number of hydrogen-bond acceptors (Lipinski definition) is 5. The Hall–Kier alpha value is -1.18. The quantitative estimate of drug-likeness (QED) is 0.702. The van der Waals surface area contributed by atoms with Gasteiger partial charge in [0, 0.05) is 32.6 Å². The van der Waals surface area contributed by atoms with E-state index in [2.05, 4.69) is 0 Å². The van der Waals surface area contributed by atoms with Crippen LogP contribution in [0, 0.1) is 0 Å². The van der Waals surface area contributed by atoms with Crippen molar-refractivity contribution in [1.82, 2.24) is 9.80 Å². The first kappa shape index (κ1) is 15.2. The molecule has 7 nitrogen and oxygen atoms in total. The summed E-state index contributed by atoms with van der Waals surface area (Å²) >= 11 is 0. The van der Waals surface area contributed by atoms with Gasteiger partial charge >= 0.3 is 0 Å². The molecule has 0 radical (unpaired) electrons. The molecule has 2 rings (SSSR count). The van der Waals surface area contributed by atoms with Crippen LogP contribution in [0.15, 0.2) is 0 Å². The third-order valence-corrected chi connectivity index (χ3v) is 3.67. The van der Waals surface area contributed by atoms with E-state index in [1.807, 2.05) is 0 Å². The van der Waals surface area contributed by atoms with Gasteiger partial charge < -0.3 is 25.0 Å². The van der Waals surface area contributed by atoms with Crippen molar-refractivity contribution in [3.8, 4) is 0 Å². The largest absolute Gasteiger partial charge is 0.378 e. The summed E-state index contributed by atoms with van der Waals surface area (Å²) in [7, 11) is 0. The highest BCUT2D eigenvalue weighted by Crippen LogP contribution is 2.07. The standard InChI is InChI=1S/C13H23N3O4/c14-11(13(18)16-5-9-20-10-6-16)1-2-12(17)15-3-7-19-8-4-15/h11H,1-10,14H2/t11-/m1/s1. The van der Waals surface area contributed by atoms with E-state index in [1.54, 1.807) is 9.80 Å². The van der Waals surface area contributed by atoms with E-state index in [0.717, 1.165) is 0 Å². The van der Waals surface area contributed by atoms with Crippen LogP contribution in [0.25, 0.3) is 0 Å². The Morgan fingerprint density at radius 2 is 1.45 bits per heavy atom. The molecule has 2 saturated heterocycles. The van der Waals surface area contributed by atoms with Crippen molar-refractivity contribution in [2.24, 2.45) is 5.73 Å². The Morgan fingerprint density at radius 1 is 0.950 bits per heavy atom. The summed E-state index contributed by atoms with van der Waals surface area (Å²) in [6.07, 6.45) is 0.712. The second-order valence-electron chi connectivity index (χ2n) is 5.08. The lowest BCUT2D eigenvalue weighted by Gasteiger charge is -2.30. The van der Waals surface area contributed by atoms with Crippen molar-refractivity contribution < 1.29 is 19.1 Å². The number of carbonyl (C=O) groups is 2. The molecule has 0 spiro atoms. The highest BCUT2D eigenvalue weighted by Gasteiger charge is 2.24. The molecule has 2 aliphatic heterocycles. The second-order valence-corrected chi connectivity index (χ2v) is 5.08. The average Bonchev–Trinajstić information content (AvgIpc) is 2.53. The van der Waals surface area contributed by atoms with Crippen LogP contribution in [0.5, 0.6) is 0 Å². The molecule has 20 heavy (non-hydrogen) atoms. The van der Waals surface area contributed by atoms with Gasteiger partial charge in [-0.15, -0.1) is 0 Å². The highest BCUT2D eigenvalue weighted by molar-refractivity contribution is 5.83. The first-order valence-electron chi connectivity index (χ1n) is 7.16. The van der Waals surface area contributed by atoms with E-state index in [9.17, 15) is 9.59 Å². The molecular weight excluding hydrogens is 262 g/mol. The molecule has 0 saturated carbocycles. The highest BCUT2D eigenvalue weighted by atomic mass is 16.5. The number of morpholine rings is 2. The topological polar surface area (TPSA) is 85.1 Å². The summed E-state index contributed by atoms with van der Waals surface area (Å²) in [4.78, 5) is 27.5. The zero-order valence-corrected chi connectivity index (χ0v) is 11.8. The summed E-state index contributed by atoms with van der Waals surface area (Å²) in [6.45, 7) is 4.73. The van der Waals surface area contributed by atoms with E-state index in [4.69, 9.17) is 15.2 Å². The number of amides is 2. The van der Waals surface area contributed by atoms with Crippen LogP contribution in [0.4, 0.5) is 0 Å². The van der Waals surface area contributed by atoms with Crippen LogP contribution in [-0.4, -0.2) is 80.3 Å². The Balaban J connectivity index is 1.71. The molecule has 114 valence electrons. The van der Waals surface area contributed by atoms with Crippen LogP contribution in [0.1, 0.15) is 12.8 Å². The minimum absolute atomic E-state index is 0.0542. The average molecular weight is 285 g/mol. The maximum atomic E-state index is 12.1. The SMILES string of the molecule is N[C@H](CCC(=O)N1CCOCC1)C(=O)N1CCOCC1. The zero-order chi connectivity index (χ0) is 14.4. The van der Waals surface area contributed by atoms with Gasteiger partial charge in [0.2, 0.25) is 11.8 Å². The minimum Gasteiger partial charge on any atom is -0.378 e. The number of nitrogens with two attached hydrogens (primary N) is 1. The molecule has 0 bridgehead atoms. The molecule has 2 aliphatic rings. The van der Waals surface area contributed by atoms with E-state index in [-0.39, 0.29) is 11.8 Å². The third kappa shape index (κ3) is 4.16. The summed E-state index contributed by atoms with van der Waals surface area (Å²) in [5.41, 5.74) is 5.90. The molecule has 2 N–H and O–H groups in total. The molecule has 0 aromatic rings. The van der Waals surface area contributed by atoms with Gasteiger partial charge in [0.15, 0.2) is 0 Å². The smallest absolute Gasteiger partial charge is 0.239 e. The number of rotatable bonds is 4. The second kappa shape index (κ2) is 7.56. The lowest BCUT2D eigenvalue weighted by atomic mass is 10.1. The monoisotopic (exact) mass is 285 g/mol. The van der Waals surface area contributed by atoms with Crippen molar-refractivity contribution in [3.63, 3.8) is 0 Å². The first-order chi connectivity index (χ1) is 9.68. The molecular formula is C13H23N3O4. The summed E-state index contributed by atoms with van der Waals surface area (Å²) in [5.74, 6) is -0.0263. The molecule has 2 amide bonds. The molecule has 0 aromatic carbocycles. The predicted octanol–water partition coefficient (Wildman–Crippen LogP) is -1.19. The number of nitrogens with zero attached hydrogens (tertiary/aromatic N) is 2. The Labute approximate surface area is 119 Å². The van der Waals surface area contributed by atoms with Gasteiger partial charge in [-0.05, 0) is 6.42 Å². The van der Waals surface area contributed by atoms with Crippen molar-refractivity contribution >= 4 is 11.8 Å². The van der Waals surface area contributed by atoms with E-state index in [0.29, 0.717) is 65.4 Å². The third-order valence-electron chi connectivity index (χ3n) is 3.67. The van der Waals surface area contributed by atoms with E-state index < -0.39 is 6.04 Å². The summed E-state index contributed by atoms with van der Waals surface area (Å²) in [6, 6.07) is -0.599. The van der Waals surface area contributed by atoms with Crippen molar-refractivity contribution in [1.29, 1.82) is 0 Å². The van der Waals surface area contributed by atoms with Gasteiger partial charge in [-0.2, -0.15) is 0 Å². The molecule has 1 atom stereocenters.